The molecule has 0 amide bonds. The number of rotatable bonds is 6. The van der Waals surface area contributed by atoms with Gasteiger partial charge in [0.1, 0.15) is 11.6 Å². The van der Waals surface area contributed by atoms with Crippen molar-refractivity contribution >= 4 is 5.78 Å². The van der Waals surface area contributed by atoms with E-state index in [1.165, 1.54) is 42.7 Å². The van der Waals surface area contributed by atoms with Gasteiger partial charge in [-0.1, -0.05) is 12.1 Å². The number of pyridine rings is 2. The minimum absolute atomic E-state index is 0.0217. The van der Waals surface area contributed by atoms with Crippen LogP contribution in [0, 0.1) is 5.82 Å². The van der Waals surface area contributed by atoms with Gasteiger partial charge in [0.15, 0.2) is 0 Å². The Kier molecular flexibility index (Phi) is 5.91. The summed E-state index contributed by atoms with van der Waals surface area (Å²) >= 11 is 0. The van der Waals surface area contributed by atoms with E-state index >= 15 is 0 Å². The normalized spacial score (nSPS) is 12.6. The molecule has 1 aromatic carbocycles. The molecule has 3 aromatic rings. The Morgan fingerprint density at radius 1 is 1.10 bits per heavy atom. The fourth-order valence-electron chi connectivity index (χ4n) is 3.06. The minimum atomic E-state index is -4.50. The SMILES string of the molecule is O=C(Cc1cc[nH]c(=O)c1)C[C@@H](c1ccc(C(F)(F)F)cc1)c1ncccc1F. The van der Waals surface area contributed by atoms with Crippen LogP contribution in [0.2, 0.25) is 0 Å². The molecule has 0 bridgehead atoms. The van der Waals surface area contributed by atoms with Gasteiger partial charge in [0, 0.05) is 37.2 Å². The second-order valence-corrected chi connectivity index (χ2v) is 6.52. The van der Waals surface area contributed by atoms with Crippen molar-refractivity contribution in [2.45, 2.75) is 24.9 Å². The Balaban J connectivity index is 1.90. The van der Waals surface area contributed by atoms with Crippen LogP contribution in [-0.2, 0) is 17.4 Å². The van der Waals surface area contributed by atoms with Crippen LogP contribution in [0.1, 0.15) is 34.7 Å². The molecule has 0 spiro atoms. The first-order valence-corrected chi connectivity index (χ1v) is 8.71. The summed E-state index contributed by atoms with van der Waals surface area (Å²) in [7, 11) is 0. The van der Waals surface area contributed by atoms with E-state index in [0.717, 1.165) is 12.1 Å². The van der Waals surface area contributed by atoms with Crippen LogP contribution in [-0.4, -0.2) is 15.8 Å². The number of Topliss-reactive ketones (excluding diaryl/α,β-unsaturated/α-hetero) is 1. The second-order valence-electron chi connectivity index (χ2n) is 6.52. The highest BCUT2D eigenvalue weighted by Gasteiger charge is 2.31. The van der Waals surface area contributed by atoms with Gasteiger partial charge in [0.05, 0.1) is 11.3 Å². The molecule has 2 aromatic heterocycles. The number of carbonyl (C=O) groups is 1. The molecule has 0 aliphatic heterocycles. The highest BCUT2D eigenvalue weighted by molar-refractivity contribution is 5.82. The van der Waals surface area contributed by atoms with E-state index in [1.54, 1.807) is 6.07 Å². The number of benzene rings is 1. The number of alkyl halides is 3. The average molecular weight is 404 g/mol. The lowest BCUT2D eigenvalue weighted by molar-refractivity contribution is -0.137. The number of H-pyrrole nitrogens is 1. The summed E-state index contributed by atoms with van der Waals surface area (Å²) in [4.78, 5) is 30.4. The summed E-state index contributed by atoms with van der Waals surface area (Å²) in [5.74, 6) is -1.81. The van der Waals surface area contributed by atoms with Gasteiger partial charge in [-0.3, -0.25) is 14.6 Å². The number of carbonyl (C=O) groups excluding carboxylic acids is 1. The van der Waals surface area contributed by atoms with Crippen LogP contribution in [0.15, 0.2) is 65.7 Å². The summed E-state index contributed by atoms with van der Waals surface area (Å²) in [6.45, 7) is 0. The third kappa shape index (κ3) is 5.16. The third-order valence-electron chi connectivity index (χ3n) is 4.43. The van der Waals surface area contributed by atoms with Crippen molar-refractivity contribution in [2.75, 3.05) is 0 Å². The van der Waals surface area contributed by atoms with Crippen molar-refractivity contribution in [1.82, 2.24) is 9.97 Å². The van der Waals surface area contributed by atoms with E-state index < -0.39 is 23.5 Å². The Morgan fingerprint density at radius 2 is 1.83 bits per heavy atom. The Labute approximate surface area is 163 Å². The molecule has 0 radical (unpaired) electrons. The zero-order valence-electron chi connectivity index (χ0n) is 15.0. The van der Waals surface area contributed by atoms with Gasteiger partial charge in [-0.15, -0.1) is 0 Å². The van der Waals surface area contributed by atoms with Gasteiger partial charge >= 0.3 is 6.18 Å². The van der Waals surface area contributed by atoms with Gasteiger partial charge in [-0.05, 0) is 41.5 Å². The monoisotopic (exact) mass is 404 g/mol. The van der Waals surface area contributed by atoms with Crippen molar-refractivity contribution in [1.29, 1.82) is 0 Å². The predicted molar refractivity (Wildman–Crippen MR) is 97.9 cm³/mol. The van der Waals surface area contributed by atoms with E-state index in [0.29, 0.717) is 11.1 Å². The third-order valence-corrected chi connectivity index (χ3v) is 4.43. The zero-order valence-corrected chi connectivity index (χ0v) is 15.0. The largest absolute Gasteiger partial charge is 0.416 e. The number of ketones is 1. The molecule has 0 saturated carbocycles. The number of aromatic amines is 1. The Bertz CT molecular complexity index is 1060. The molecule has 29 heavy (non-hydrogen) atoms. The Morgan fingerprint density at radius 3 is 2.45 bits per heavy atom. The number of nitrogens with one attached hydrogen (secondary N) is 1. The number of halogens is 4. The fraction of sp³-hybridized carbons (Fsp3) is 0.190. The second kappa shape index (κ2) is 8.38. The summed E-state index contributed by atoms with van der Waals surface area (Å²) < 4.78 is 52.8. The van der Waals surface area contributed by atoms with Gasteiger partial charge in [-0.2, -0.15) is 13.2 Å². The molecule has 0 aliphatic carbocycles. The minimum Gasteiger partial charge on any atom is -0.329 e. The lowest BCUT2D eigenvalue weighted by atomic mass is 9.88. The summed E-state index contributed by atoms with van der Waals surface area (Å²) in [5, 5.41) is 0. The Hall–Kier alpha value is -3.29. The van der Waals surface area contributed by atoms with E-state index in [9.17, 15) is 27.2 Å². The highest BCUT2D eigenvalue weighted by Crippen LogP contribution is 2.33. The van der Waals surface area contributed by atoms with Crippen LogP contribution >= 0.6 is 0 Å². The zero-order chi connectivity index (χ0) is 21.0. The van der Waals surface area contributed by atoms with Gasteiger partial charge in [0.25, 0.3) is 0 Å². The molecule has 0 saturated heterocycles. The molecule has 0 fully saturated rings. The summed E-state index contributed by atoms with van der Waals surface area (Å²) in [6, 6.07) is 9.67. The van der Waals surface area contributed by atoms with Crippen LogP contribution in [0.3, 0.4) is 0 Å². The quantitative estimate of drug-likeness (QED) is 0.625. The van der Waals surface area contributed by atoms with Crippen LogP contribution < -0.4 is 5.56 Å². The average Bonchev–Trinajstić information content (AvgIpc) is 2.66. The number of nitrogens with zero attached hydrogens (tertiary/aromatic N) is 1. The molecule has 0 unspecified atom stereocenters. The molecule has 1 atom stereocenters. The molecular weight excluding hydrogens is 388 g/mol. The van der Waals surface area contributed by atoms with E-state index in [-0.39, 0.29) is 29.9 Å². The van der Waals surface area contributed by atoms with Gasteiger partial charge < -0.3 is 4.98 Å². The summed E-state index contributed by atoms with van der Waals surface area (Å²) in [5.41, 5.74) is -0.380. The maximum atomic E-state index is 14.3. The predicted octanol–water partition coefficient (Wildman–Crippen LogP) is 4.26. The number of hydrogen-bond donors (Lipinski definition) is 1. The maximum absolute atomic E-state index is 14.3. The lowest BCUT2D eigenvalue weighted by Gasteiger charge is -2.18. The van der Waals surface area contributed by atoms with E-state index in [4.69, 9.17) is 0 Å². The van der Waals surface area contributed by atoms with Crippen LogP contribution in [0.4, 0.5) is 17.6 Å². The van der Waals surface area contributed by atoms with Crippen molar-refractivity contribution < 1.29 is 22.4 Å². The lowest BCUT2D eigenvalue weighted by Crippen LogP contribution is -2.15. The molecule has 0 aliphatic rings. The van der Waals surface area contributed by atoms with Crippen molar-refractivity contribution in [3.05, 3.63) is 99.5 Å². The molecular formula is C21H16F4N2O2. The van der Waals surface area contributed by atoms with Crippen LogP contribution in [0.25, 0.3) is 0 Å². The highest BCUT2D eigenvalue weighted by atomic mass is 19.4. The topological polar surface area (TPSA) is 62.8 Å². The van der Waals surface area contributed by atoms with Crippen molar-refractivity contribution in [3.8, 4) is 0 Å². The smallest absolute Gasteiger partial charge is 0.329 e. The first-order chi connectivity index (χ1) is 13.7. The number of hydrogen-bond acceptors (Lipinski definition) is 3. The fourth-order valence-corrected chi connectivity index (χ4v) is 3.06. The number of aromatic nitrogens is 2. The van der Waals surface area contributed by atoms with Crippen LogP contribution in [0.5, 0.6) is 0 Å². The maximum Gasteiger partial charge on any atom is 0.416 e. The summed E-state index contributed by atoms with van der Waals surface area (Å²) in [6.07, 6.45) is -1.96. The van der Waals surface area contributed by atoms with E-state index in [2.05, 4.69) is 9.97 Å². The van der Waals surface area contributed by atoms with Gasteiger partial charge in [-0.25, -0.2) is 4.39 Å². The first kappa shape index (κ1) is 20.4. The standard InChI is InChI=1S/C21H16F4N2O2/c22-18-2-1-8-27-20(18)17(14-3-5-15(6-4-14)21(23,24)25)12-16(28)10-13-7-9-26-19(29)11-13/h1-9,11,17H,10,12H2,(H,26,29)/t17-/m0/s1. The molecule has 8 heteroatoms. The van der Waals surface area contributed by atoms with Crippen molar-refractivity contribution in [3.63, 3.8) is 0 Å². The molecule has 4 nitrogen and oxygen atoms in total. The molecule has 2 heterocycles. The molecule has 150 valence electrons. The van der Waals surface area contributed by atoms with Gasteiger partial charge in [0.2, 0.25) is 5.56 Å². The first-order valence-electron chi connectivity index (χ1n) is 8.71. The van der Waals surface area contributed by atoms with Crippen molar-refractivity contribution in [2.24, 2.45) is 0 Å². The molecule has 1 N–H and O–H groups in total. The van der Waals surface area contributed by atoms with E-state index in [1.807, 2.05) is 0 Å². The molecule has 3 rings (SSSR count).